The van der Waals surface area contributed by atoms with Crippen molar-refractivity contribution >= 4 is 30.7 Å². The minimum atomic E-state index is -0.0636. The predicted octanol–water partition coefficient (Wildman–Crippen LogP) is 1.03. The summed E-state index contributed by atoms with van der Waals surface area (Å²) in [7, 11) is 0. The van der Waals surface area contributed by atoms with Crippen LogP contribution in [0, 0.1) is 5.92 Å². The number of nitrogens with zero attached hydrogens (tertiary/aromatic N) is 1. The van der Waals surface area contributed by atoms with Crippen molar-refractivity contribution in [2.45, 2.75) is 26.2 Å². The van der Waals surface area contributed by atoms with E-state index in [4.69, 9.17) is 5.73 Å². The molecule has 0 aliphatic carbocycles. The van der Waals surface area contributed by atoms with Crippen LogP contribution in [0.25, 0.3) is 0 Å². The highest BCUT2D eigenvalue weighted by Crippen LogP contribution is 2.07. The molecule has 1 atom stereocenters. The number of piperidine rings is 1. The average molecular weight is 286 g/mol. The number of amides is 1. The van der Waals surface area contributed by atoms with Gasteiger partial charge in [0.15, 0.2) is 0 Å². The van der Waals surface area contributed by atoms with Crippen molar-refractivity contribution in [2.75, 3.05) is 32.7 Å². The number of nitrogens with two attached hydrogens (primary N) is 1. The van der Waals surface area contributed by atoms with Gasteiger partial charge in [-0.15, -0.1) is 24.8 Å². The van der Waals surface area contributed by atoms with Gasteiger partial charge in [-0.1, -0.05) is 13.3 Å². The van der Waals surface area contributed by atoms with Gasteiger partial charge in [0.05, 0.1) is 0 Å². The van der Waals surface area contributed by atoms with Crippen LogP contribution < -0.4 is 11.1 Å². The van der Waals surface area contributed by atoms with E-state index in [0.717, 1.165) is 13.1 Å². The molecule has 0 aromatic rings. The topological polar surface area (TPSA) is 58.4 Å². The third kappa shape index (κ3) is 7.82. The van der Waals surface area contributed by atoms with Crippen LogP contribution in [0.3, 0.4) is 0 Å². The molecule has 1 fully saturated rings. The Morgan fingerprint density at radius 1 is 1.29 bits per heavy atom. The maximum Gasteiger partial charge on any atom is 0.224 e. The third-order valence-electron chi connectivity index (χ3n) is 2.98. The maximum atomic E-state index is 11.4. The summed E-state index contributed by atoms with van der Waals surface area (Å²) in [6, 6.07) is 0. The summed E-state index contributed by atoms with van der Waals surface area (Å²) in [5.74, 6) is 0.0147. The summed E-state index contributed by atoms with van der Waals surface area (Å²) in [6.07, 6.45) is 3.95. The van der Waals surface area contributed by atoms with Crippen LogP contribution in [-0.2, 0) is 4.79 Å². The number of halogens is 2. The summed E-state index contributed by atoms with van der Waals surface area (Å²) in [6.45, 7) is 6.38. The van der Waals surface area contributed by atoms with E-state index in [9.17, 15) is 4.79 Å². The van der Waals surface area contributed by atoms with Gasteiger partial charge >= 0.3 is 0 Å². The molecule has 1 amide bonds. The second kappa shape index (κ2) is 11.1. The van der Waals surface area contributed by atoms with Crippen molar-refractivity contribution in [1.29, 1.82) is 0 Å². The van der Waals surface area contributed by atoms with Crippen molar-refractivity contribution in [1.82, 2.24) is 10.2 Å². The average Bonchev–Trinajstić information content (AvgIpc) is 2.29. The SMILES string of the molecule is CC(CN)C(=O)NCCN1CCCCC1.Cl.Cl. The summed E-state index contributed by atoms with van der Waals surface area (Å²) in [5, 5.41) is 2.92. The molecule has 1 aliphatic rings. The lowest BCUT2D eigenvalue weighted by atomic mass is 10.1. The largest absolute Gasteiger partial charge is 0.355 e. The molecule has 0 bridgehead atoms. The molecule has 0 aromatic heterocycles. The molecule has 0 radical (unpaired) electrons. The van der Waals surface area contributed by atoms with E-state index in [2.05, 4.69) is 10.2 Å². The van der Waals surface area contributed by atoms with Crippen molar-refractivity contribution in [3.63, 3.8) is 0 Å². The number of nitrogens with one attached hydrogen (secondary N) is 1. The van der Waals surface area contributed by atoms with Gasteiger partial charge in [-0.25, -0.2) is 0 Å². The summed E-state index contributed by atoms with van der Waals surface area (Å²) in [4.78, 5) is 13.8. The molecule has 1 aliphatic heterocycles. The molecular formula is C11H25Cl2N3O. The molecule has 104 valence electrons. The smallest absolute Gasteiger partial charge is 0.224 e. The first-order valence-corrected chi connectivity index (χ1v) is 5.94. The molecule has 1 rings (SSSR count). The van der Waals surface area contributed by atoms with Crippen molar-refractivity contribution in [2.24, 2.45) is 11.7 Å². The van der Waals surface area contributed by atoms with Gasteiger partial charge in [0.25, 0.3) is 0 Å². The lowest BCUT2D eigenvalue weighted by Gasteiger charge is -2.26. The fourth-order valence-electron chi connectivity index (χ4n) is 1.80. The van der Waals surface area contributed by atoms with E-state index in [1.54, 1.807) is 0 Å². The van der Waals surface area contributed by atoms with Crippen molar-refractivity contribution < 1.29 is 4.79 Å². The minimum absolute atomic E-state index is 0. The highest BCUT2D eigenvalue weighted by atomic mass is 35.5. The number of likely N-dealkylation sites (tertiary alicyclic amines) is 1. The van der Waals surface area contributed by atoms with Crippen LogP contribution in [0.5, 0.6) is 0 Å². The van der Waals surface area contributed by atoms with Crippen LogP contribution in [-0.4, -0.2) is 43.5 Å². The second-order valence-electron chi connectivity index (χ2n) is 4.33. The highest BCUT2D eigenvalue weighted by molar-refractivity contribution is 5.85. The number of hydrogen-bond donors (Lipinski definition) is 2. The van der Waals surface area contributed by atoms with E-state index >= 15 is 0 Å². The minimum Gasteiger partial charge on any atom is -0.355 e. The Bertz CT molecular complexity index is 199. The Balaban J connectivity index is 0. The Morgan fingerprint density at radius 3 is 2.41 bits per heavy atom. The zero-order chi connectivity index (χ0) is 11.1. The van der Waals surface area contributed by atoms with Crippen LogP contribution in [0.15, 0.2) is 0 Å². The molecule has 1 heterocycles. The van der Waals surface area contributed by atoms with E-state index in [0.29, 0.717) is 6.54 Å². The summed E-state index contributed by atoms with van der Waals surface area (Å²) < 4.78 is 0. The maximum absolute atomic E-state index is 11.4. The quantitative estimate of drug-likeness (QED) is 0.793. The Labute approximate surface area is 117 Å². The lowest BCUT2D eigenvalue weighted by molar-refractivity contribution is -0.124. The predicted molar refractivity (Wildman–Crippen MR) is 76.0 cm³/mol. The van der Waals surface area contributed by atoms with Gasteiger partial charge in [-0.3, -0.25) is 4.79 Å². The van der Waals surface area contributed by atoms with Crippen LogP contribution in [0.1, 0.15) is 26.2 Å². The van der Waals surface area contributed by atoms with Gasteiger partial charge < -0.3 is 16.0 Å². The molecule has 17 heavy (non-hydrogen) atoms. The number of carbonyl (C=O) groups is 1. The van der Waals surface area contributed by atoms with Gasteiger partial charge in [0.2, 0.25) is 5.91 Å². The second-order valence-corrected chi connectivity index (χ2v) is 4.33. The van der Waals surface area contributed by atoms with Crippen molar-refractivity contribution in [3.8, 4) is 0 Å². The van der Waals surface area contributed by atoms with E-state index in [1.165, 1.54) is 32.4 Å². The molecule has 6 heteroatoms. The highest BCUT2D eigenvalue weighted by Gasteiger charge is 2.12. The van der Waals surface area contributed by atoms with Gasteiger partial charge in [0, 0.05) is 25.6 Å². The Kier molecular flexibility index (Phi) is 12.6. The molecule has 0 spiro atoms. The summed E-state index contributed by atoms with van der Waals surface area (Å²) in [5.41, 5.74) is 5.42. The zero-order valence-electron chi connectivity index (χ0n) is 10.5. The number of hydrogen-bond acceptors (Lipinski definition) is 3. The molecule has 3 N–H and O–H groups in total. The Hall–Kier alpha value is -0.0300. The molecule has 4 nitrogen and oxygen atoms in total. The fourth-order valence-corrected chi connectivity index (χ4v) is 1.80. The lowest BCUT2D eigenvalue weighted by Crippen LogP contribution is -2.40. The van der Waals surface area contributed by atoms with Crippen LogP contribution >= 0.6 is 24.8 Å². The normalized spacial score (nSPS) is 17.5. The van der Waals surface area contributed by atoms with Crippen LogP contribution in [0.4, 0.5) is 0 Å². The van der Waals surface area contributed by atoms with E-state index in [1.807, 2.05) is 6.92 Å². The molecule has 1 saturated heterocycles. The number of carbonyl (C=O) groups excluding carboxylic acids is 1. The van der Waals surface area contributed by atoms with E-state index in [-0.39, 0.29) is 36.6 Å². The van der Waals surface area contributed by atoms with Gasteiger partial charge in [-0.2, -0.15) is 0 Å². The Morgan fingerprint density at radius 2 is 1.88 bits per heavy atom. The molecule has 1 unspecified atom stereocenters. The zero-order valence-corrected chi connectivity index (χ0v) is 12.1. The van der Waals surface area contributed by atoms with E-state index < -0.39 is 0 Å². The first kappa shape index (κ1) is 19.3. The van der Waals surface area contributed by atoms with Crippen LogP contribution in [0.2, 0.25) is 0 Å². The molecule has 0 saturated carbocycles. The first-order chi connectivity index (χ1) is 7.24. The summed E-state index contributed by atoms with van der Waals surface area (Å²) >= 11 is 0. The first-order valence-electron chi connectivity index (χ1n) is 5.94. The third-order valence-corrected chi connectivity index (χ3v) is 2.98. The monoisotopic (exact) mass is 285 g/mol. The number of rotatable bonds is 5. The van der Waals surface area contributed by atoms with Gasteiger partial charge in [-0.05, 0) is 25.9 Å². The van der Waals surface area contributed by atoms with Crippen molar-refractivity contribution in [3.05, 3.63) is 0 Å². The fraction of sp³-hybridized carbons (Fsp3) is 0.909. The standard InChI is InChI=1S/C11H23N3O.2ClH/c1-10(9-12)11(15)13-5-8-14-6-3-2-4-7-14;;/h10H,2-9,12H2,1H3,(H,13,15);2*1H. The molecule has 0 aromatic carbocycles. The van der Waals surface area contributed by atoms with Gasteiger partial charge in [0.1, 0.15) is 0 Å². The molecular weight excluding hydrogens is 261 g/mol.